The Labute approximate surface area is 231 Å². The molecule has 4 aliphatic rings. The van der Waals surface area contributed by atoms with Crippen LogP contribution in [0.2, 0.25) is 0 Å². The van der Waals surface area contributed by atoms with Gasteiger partial charge < -0.3 is 20.7 Å². The van der Waals surface area contributed by atoms with Crippen LogP contribution in [0.1, 0.15) is 43.2 Å². The van der Waals surface area contributed by atoms with Gasteiger partial charge in [-0.15, -0.1) is 13.2 Å². The zero-order valence-electron chi connectivity index (χ0n) is 21.9. The smallest absolute Gasteiger partial charge is 0.405 e. The number of aromatic nitrogens is 2. The predicted molar refractivity (Wildman–Crippen MR) is 146 cm³/mol. The number of rotatable bonds is 9. The van der Waals surface area contributed by atoms with E-state index in [2.05, 4.69) is 61.0 Å². The Bertz CT molecular complexity index is 1380. The van der Waals surface area contributed by atoms with Crippen molar-refractivity contribution in [1.29, 1.82) is 5.26 Å². The van der Waals surface area contributed by atoms with Crippen LogP contribution in [0.15, 0.2) is 60.8 Å². The molecule has 7 rings (SSSR count). The number of alkyl halides is 3. The van der Waals surface area contributed by atoms with Gasteiger partial charge in [0.25, 0.3) is 0 Å². The quantitative estimate of drug-likeness (QED) is 0.278. The van der Waals surface area contributed by atoms with Gasteiger partial charge in [-0.1, -0.05) is 36.4 Å². The highest BCUT2D eigenvalue weighted by Gasteiger charge is 2.55. The van der Waals surface area contributed by atoms with Gasteiger partial charge in [0.05, 0.1) is 6.20 Å². The third kappa shape index (κ3) is 5.64. The third-order valence-electron chi connectivity index (χ3n) is 8.68. The second kappa shape index (κ2) is 10.5. The van der Waals surface area contributed by atoms with E-state index in [1.165, 1.54) is 43.3 Å². The van der Waals surface area contributed by atoms with Crippen molar-refractivity contribution in [2.45, 2.75) is 51.1 Å². The van der Waals surface area contributed by atoms with Crippen LogP contribution in [-0.4, -0.2) is 28.9 Å². The van der Waals surface area contributed by atoms with Crippen molar-refractivity contribution in [3.63, 3.8) is 0 Å². The van der Waals surface area contributed by atoms with Gasteiger partial charge in [-0.05, 0) is 73.5 Å². The van der Waals surface area contributed by atoms with Gasteiger partial charge in [0.2, 0.25) is 5.95 Å². The fourth-order valence-corrected chi connectivity index (χ4v) is 7.37. The summed E-state index contributed by atoms with van der Waals surface area (Å²) >= 11 is 0. The first-order valence-corrected chi connectivity index (χ1v) is 13.7. The van der Waals surface area contributed by atoms with Crippen LogP contribution in [0.25, 0.3) is 0 Å². The van der Waals surface area contributed by atoms with E-state index in [-0.39, 0.29) is 23.7 Å². The third-order valence-corrected chi connectivity index (χ3v) is 8.68. The van der Waals surface area contributed by atoms with E-state index < -0.39 is 6.36 Å². The lowest BCUT2D eigenvalue weighted by Crippen LogP contribution is -2.57. The normalized spacial score (nSPS) is 26.6. The molecule has 3 N–H and O–H groups in total. The van der Waals surface area contributed by atoms with E-state index in [1.807, 2.05) is 6.07 Å². The number of para-hydroxylation sites is 2. The first kappa shape index (κ1) is 26.2. The molecule has 4 fully saturated rings. The topological polar surface area (TPSA) is 94.9 Å². The van der Waals surface area contributed by atoms with Crippen LogP contribution in [-0.2, 0) is 6.54 Å². The monoisotopic (exact) mass is 548 g/mol. The van der Waals surface area contributed by atoms with Gasteiger partial charge in [0.1, 0.15) is 23.2 Å². The van der Waals surface area contributed by atoms with Crippen molar-refractivity contribution in [3.05, 3.63) is 71.9 Å². The lowest BCUT2D eigenvalue weighted by atomic mass is 9.48. The molecule has 2 aromatic carbocycles. The number of anilines is 3. The van der Waals surface area contributed by atoms with Gasteiger partial charge in [0, 0.05) is 30.4 Å². The van der Waals surface area contributed by atoms with Crippen molar-refractivity contribution >= 4 is 17.5 Å². The van der Waals surface area contributed by atoms with Crippen LogP contribution >= 0.6 is 0 Å². The number of halogens is 3. The van der Waals surface area contributed by atoms with Crippen LogP contribution in [0.5, 0.6) is 5.75 Å². The molecule has 0 saturated heterocycles. The van der Waals surface area contributed by atoms with Gasteiger partial charge >= 0.3 is 6.36 Å². The molecule has 0 amide bonds. The van der Waals surface area contributed by atoms with E-state index in [1.54, 1.807) is 12.1 Å². The highest BCUT2D eigenvalue weighted by Crippen LogP contribution is 2.60. The van der Waals surface area contributed by atoms with Gasteiger partial charge in [-0.25, -0.2) is 4.98 Å². The molecule has 208 valence electrons. The number of hydrogen-bond donors (Lipinski definition) is 3. The summed E-state index contributed by atoms with van der Waals surface area (Å²) in [6, 6.07) is 19.0. The summed E-state index contributed by atoms with van der Waals surface area (Å²) in [7, 11) is 0. The van der Waals surface area contributed by atoms with Crippen LogP contribution in [0.4, 0.5) is 30.6 Å². The number of hydrogen-bond acceptors (Lipinski definition) is 7. The summed E-state index contributed by atoms with van der Waals surface area (Å²) in [5, 5.41) is 19.9. The lowest BCUT2D eigenvalue weighted by Gasteiger charge is -2.60. The first-order chi connectivity index (χ1) is 19.3. The minimum atomic E-state index is -4.78. The summed E-state index contributed by atoms with van der Waals surface area (Å²) in [6.45, 7) is 0.754. The Kier molecular flexibility index (Phi) is 6.90. The number of ether oxygens (including phenoxy) is 1. The Morgan fingerprint density at radius 1 is 0.975 bits per heavy atom. The summed E-state index contributed by atoms with van der Waals surface area (Å²) < 4.78 is 42.5. The highest BCUT2D eigenvalue weighted by molar-refractivity contribution is 5.54. The second-order valence-corrected chi connectivity index (χ2v) is 11.4. The maximum Gasteiger partial charge on any atom is 0.573 e. The molecule has 4 saturated carbocycles. The van der Waals surface area contributed by atoms with Crippen molar-refractivity contribution in [2.24, 2.45) is 23.2 Å². The number of nitrogens with one attached hydrogen (secondary N) is 3. The van der Waals surface area contributed by atoms with E-state index >= 15 is 0 Å². The van der Waals surface area contributed by atoms with Gasteiger partial charge in [0.15, 0.2) is 0 Å². The zero-order chi connectivity index (χ0) is 27.7. The number of nitrogens with zero attached hydrogens (tertiary/aromatic N) is 3. The SMILES string of the molecule is N#Cc1cnc(NCc2ccccc2OC(F)(F)F)nc1NCC12CC3C[C@H](C1)C(Nc1ccccc1)[C@@H](C3)C2. The van der Waals surface area contributed by atoms with Crippen LogP contribution < -0.4 is 20.7 Å². The van der Waals surface area contributed by atoms with Gasteiger partial charge in [-0.3, -0.25) is 0 Å². The molecule has 4 bridgehead atoms. The fourth-order valence-electron chi connectivity index (χ4n) is 7.37. The predicted octanol–water partition coefficient (Wildman–Crippen LogP) is 6.58. The number of benzene rings is 2. The zero-order valence-corrected chi connectivity index (χ0v) is 21.9. The molecule has 0 radical (unpaired) electrons. The molecular weight excluding hydrogens is 517 g/mol. The maximum atomic E-state index is 12.8. The average Bonchev–Trinajstić information content (AvgIpc) is 2.93. The van der Waals surface area contributed by atoms with Gasteiger partial charge in [-0.2, -0.15) is 10.2 Å². The Morgan fingerprint density at radius 2 is 1.70 bits per heavy atom. The Hall–Kier alpha value is -4.00. The van der Waals surface area contributed by atoms with Crippen molar-refractivity contribution in [1.82, 2.24) is 9.97 Å². The molecule has 10 heteroatoms. The minimum absolute atomic E-state index is 0.0301. The van der Waals surface area contributed by atoms with Crippen molar-refractivity contribution < 1.29 is 17.9 Å². The molecule has 4 aliphatic carbocycles. The minimum Gasteiger partial charge on any atom is -0.405 e. The molecular formula is C30H31F3N6O. The molecule has 1 aromatic heterocycles. The highest BCUT2D eigenvalue weighted by atomic mass is 19.4. The summed E-state index contributed by atoms with van der Waals surface area (Å²) in [6.07, 6.45) is 2.61. The van der Waals surface area contributed by atoms with Crippen molar-refractivity contribution in [2.75, 3.05) is 22.5 Å². The Balaban J connectivity index is 1.13. The van der Waals surface area contributed by atoms with E-state index in [9.17, 15) is 18.4 Å². The van der Waals surface area contributed by atoms with E-state index in [4.69, 9.17) is 0 Å². The largest absolute Gasteiger partial charge is 0.573 e. The first-order valence-electron chi connectivity index (χ1n) is 13.7. The van der Waals surface area contributed by atoms with Crippen molar-refractivity contribution in [3.8, 4) is 11.8 Å². The van der Waals surface area contributed by atoms with Crippen LogP contribution in [0, 0.1) is 34.5 Å². The molecule has 0 aliphatic heterocycles. The second-order valence-electron chi connectivity index (χ2n) is 11.4. The lowest BCUT2D eigenvalue weighted by molar-refractivity contribution is -0.274. The molecule has 40 heavy (non-hydrogen) atoms. The fraction of sp³-hybridized carbons (Fsp3) is 0.433. The Morgan fingerprint density at radius 3 is 2.42 bits per heavy atom. The van der Waals surface area contributed by atoms with Crippen LogP contribution in [0.3, 0.4) is 0 Å². The molecule has 1 heterocycles. The molecule has 3 unspecified atom stereocenters. The maximum absolute atomic E-state index is 12.8. The molecule has 7 nitrogen and oxygen atoms in total. The standard InChI is InChI=1S/C30H31F3N6O/c31-30(32,33)40-25-9-5-4-6-20(25)16-35-28-36-17-23(15-34)27(39-28)37-18-29-12-19-10-21(13-29)26(22(11-19)14-29)38-24-7-2-1-3-8-24/h1-9,17,19,21-22,26,38H,10-14,16,18H2,(H2,35,36,37,39)/t19?,21-,22+,26?,29?. The average molecular weight is 549 g/mol. The summed E-state index contributed by atoms with van der Waals surface area (Å²) in [5.74, 6) is 2.34. The number of nitriles is 1. The van der Waals surface area contributed by atoms with E-state index in [0.29, 0.717) is 34.8 Å². The molecule has 5 atom stereocenters. The molecule has 0 spiro atoms. The molecule has 3 aromatic rings. The summed E-state index contributed by atoms with van der Waals surface area (Å²) in [5.41, 5.74) is 1.98. The van der Waals surface area contributed by atoms with E-state index in [0.717, 1.165) is 25.3 Å². The summed E-state index contributed by atoms with van der Waals surface area (Å²) in [4.78, 5) is 8.72.